The number of aryl methyl sites for hydroxylation is 1. The highest BCUT2D eigenvalue weighted by atomic mass is 32.2. The topological polar surface area (TPSA) is 123 Å². The predicted molar refractivity (Wildman–Crippen MR) is 127 cm³/mol. The van der Waals surface area contributed by atoms with E-state index in [0.29, 0.717) is 17.4 Å². The first-order chi connectivity index (χ1) is 16.2. The SMILES string of the molecule is CCC[C@H](NS(=O)(=O)c1ccc(C)cc1)C(=O)Oc1cc(O)c2c(=O)c3ccccc3oc2c1. The van der Waals surface area contributed by atoms with Crippen molar-refractivity contribution in [3.8, 4) is 11.5 Å². The summed E-state index contributed by atoms with van der Waals surface area (Å²) in [5.74, 6) is -1.34. The average molecular weight is 482 g/mol. The minimum atomic E-state index is -3.97. The number of esters is 1. The molecule has 0 aliphatic heterocycles. The van der Waals surface area contributed by atoms with Crippen LogP contribution >= 0.6 is 0 Å². The molecule has 0 aliphatic carbocycles. The third kappa shape index (κ3) is 4.66. The van der Waals surface area contributed by atoms with Gasteiger partial charge in [-0.05, 0) is 37.6 Å². The molecule has 1 atom stereocenters. The van der Waals surface area contributed by atoms with Gasteiger partial charge in [0.25, 0.3) is 0 Å². The summed E-state index contributed by atoms with van der Waals surface area (Å²) >= 11 is 0. The maximum absolute atomic E-state index is 12.9. The lowest BCUT2D eigenvalue weighted by Crippen LogP contribution is -2.42. The van der Waals surface area contributed by atoms with Crippen LogP contribution in [-0.2, 0) is 14.8 Å². The third-order valence-corrected chi connectivity index (χ3v) is 6.83. The summed E-state index contributed by atoms with van der Waals surface area (Å²) in [6, 6.07) is 14.1. The molecule has 8 nitrogen and oxygen atoms in total. The number of phenolic OH excluding ortho intramolecular Hbond substituents is 1. The second-order valence-corrected chi connectivity index (χ2v) is 9.65. The Morgan fingerprint density at radius 3 is 2.50 bits per heavy atom. The van der Waals surface area contributed by atoms with Gasteiger partial charge in [0.05, 0.1) is 10.3 Å². The van der Waals surface area contributed by atoms with Crippen molar-refractivity contribution in [2.75, 3.05) is 0 Å². The number of carbonyl (C=O) groups excluding carboxylic acids is 1. The van der Waals surface area contributed by atoms with Crippen LogP contribution in [0.2, 0.25) is 0 Å². The van der Waals surface area contributed by atoms with E-state index in [1.54, 1.807) is 36.4 Å². The molecular formula is C25H23NO7S. The Bertz CT molecular complexity index is 1540. The van der Waals surface area contributed by atoms with Crippen LogP contribution in [-0.4, -0.2) is 25.5 Å². The molecule has 2 N–H and O–H groups in total. The predicted octanol–water partition coefficient (Wildman–Crippen LogP) is 4.01. The molecule has 4 rings (SSSR count). The smallest absolute Gasteiger partial charge is 0.329 e. The molecule has 34 heavy (non-hydrogen) atoms. The molecule has 0 saturated carbocycles. The molecule has 0 amide bonds. The summed E-state index contributed by atoms with van der Waals surface area (Å²) in [6.45, 7) is 3.65. The largest absolute Gasteiger partial charge is 0.507 e. The van der Waals surface area contributed by atoms with Gasteiger partial charge in [0.15, 0.2) is 0 Å². The summed E-state index contributed by atoms with van der Waals surface area (Å²) < 4.78 is 39.0. The number of hydrogen-bond acceptors (Lipinski definition) is 7. The van der Waals surface area contributed by atoms with E-state index >= 15 is 0 Å². The zero-order valence-corrected chi connectivity index (χ0v) is 19.4. The van der Waals surface area contributed by atoms with Gasteiger partial charge in [0.2, 0.25) is 15.5 Å². The molecule has 0 radical (unpaired) electrons. The van der Waals surface area contributed by atoms with E-state index in [0.717, 1.165) is 11.6 Å². The molecule has 0 aliphatic rings. The number of sulfonamides is 1. The molecule has 0 saturated heterocycles. The van der Waals surface area contributed by atoms with Crippen LogP contribution in [0.15, 0.2) is 74.8 Å². The van der Waals surface area contributed by atoms with Gasteiger partial charge in [-0.15, -0.1) is 0 Å². The highest BCUT2D eigenvalue weighted by Gasteiger charge is 2.27. The van der Waals surface area contributed by atoms with Crippen molar-refractivity contribution in [3.05, 3.63) is 76.5 Å². The lowest BCUT2D eigenvalue weighted by Gasteiger charge is -2.17. The fourth-order valence-electron chi connectivity index (χ4n) is 3.61. The van der Waals surface area contributed by atoms with Gasteiger partial charge in [-0.2, -0.15) is 4.72 Å². The molecule has 0 fully saturated rings. The first-order valence-electron chi connectivity index (χ1n) is 10.7. The number of rotatable bonds is 7. The van der Waals surface area contributed by atoms with Crippen molar-refractivity contribution in [3.63, 3.8) is 0 Å². The van der Waals surface area contributed by atoms with E-state index in [1.165, 1.54) is 18.2 Å². The van der Waals surface area contributed by atoms with Gasteiger partial charge in [-0.1, -0.05) is 43.2 Å². The van der Waals surface area contributed by atoms with E-state index in [-0.39, 0.29) is 28.0 Å². The normalized spacial score (nSPS) is 12.6. The second kappa shape index (κ2) is 9.28. The maximum Gasteiger partial charge on any atom is 0.329 e. The number of hydrogen-bond donors (Lipinski definition) is 2. The molecule has 176 valence electrons. The van der Waals surface area contributed by atoms with E-state index in [2.05, 4.69) is 4.72 Å². The van der Waals surface area contributed by atoms with Crippen LogP contribution in [0.1, 0.15) is 25.3 Å². The van der Waals surface area contributed by atoms with E-state index in [1.807, 2.05) is 13.8 Å². The Morgan fingerprint density at radius 1 is 1.09 bits per heavy atom. The number of aromatic hydroxyl groups is 1. The van der Waals surface area contributed by atoms with Crippen LogP contribution in [0, 0.1) is 6.92 Å². The zero-order chi connectivity index (χ0) is 24.5. The number of nitrogens with one attached hydrogen (secondary N) is 1. The average Bonchev–Trinajstić information content (AvgIpc) is 2.78. The van der Waals surface area contributed by atoms with Crippen molar-refractivity contribution in [2.45, 2.75) is 37.6 Å². The van der Waals surface area contributed by atoms with Crippen molar-refractivity contribution < 1.29 is 27.5 Å². The summed E-state index contributed by atoms with van der Waals surface area (Å²) in [6.07, 6.45) is 0.712. The van der Waals surface area contributed by atoms with Gasteiger partial charge in [-0.25, -0.2) is 13.2 Å². The van der Waals surface area contributed by atoms with Crippen molar-refractivity contribution in [1.82, 2.24) is 4.72 Å². The Balaban J connectivity index is 1.64. The first-order valence-corrected chi connectivity index (χ1v) is 12.2. The van der Waals surface area contributed by atoms with Gasteiger partial charge in [-0.3, -0.25) is 4.79 Å². The number of phenols is 1. The summed E-state index contributed by atoms with van der Waals surface area (Å²) in [5.41, 5.74) is 0.845. The molecule has 1 aromatic heterocycles. The highest BCUT2D eigenvalue weighted by Crippen LogP contribution is 2.30. The highest BCUT2D eigenvalue weighted by molar-refractivity contribution is 7.89. The summed E-state index contributed by atoms with van der Waals surface area (Å²) in [7, 11) is -3.97. The van der Waals surface area contributed by atoms with Gasteiger partial charge >= 0.3 is 5.97 Å². The molecule has 4 aromatic rings. The zero-order valence-electron chi connectivity index (χ0n) is 18.6. The van der Waals surface area contributed by atoms with Gasteiger partial charge in [0.1, 0.15) is 34.1 Å². The first kappa shape index (κ1) is 23.5. The number of ether oxygens (including phenoxy) is 1. The number of para-hydroxylation sites is 1. The molecule has 3 aromatic carbocycles. The lowest BCUT2D eigenvalue weighted by molar-refractivity contribution is -0.136. The lowest BCUT2D eigenvalue weighted by atomic mass is 10.1. The van der Waals surface area contributed by atoms with Gasteiger partial charge in [0, 0.05) is 12.1 Å². The number of carbonyl (C=O) groups is 1. The molecule has 9 heteroatoms. The van der Waals surface area contributed by atoms with Crippen molar-refractivity contribution in [2.24, 2.45) is 0 Å². The molecule has 0 bridgehead atoms. The Hall–Kier alpha value is -3.69. The van der Waals surface area contributed by atoms with Crippen molar-refractivity contribution >= 4 is 37.9 Å². The van der Waals surface area contributed by atoms with Crippen LogP contribution in [0.25, 0.3) is 21.9 Å². The van der Waals surface area contributed by atoms with E-state index < -0.39 is 33.2 Å². The minimum Gasteiger partial charge on any atom is -0.507 e. The second-order valence-electron chi connectivity index (χ2n) is 7.94. The molecule has 1 heterocycles. The Labute approximate surface area is 195 Å². The number of fused-ring (bicyclic) bond motifs is 2. The maximum atomic E-state index is 12.9. The number of benzene rings is 3. The van der Waals surface area contributed by atoms with Crippen LogP contribution < -0.4 is 14.9 Å². The fraction of sp³-hybridized carbons (Fsp3) is 0.200. The van der Waals surface area contributed by atoms with E-state index in [9.17, 15) is 23.1 Å². The van der Waals surface area contributed by atoms with Crippen LogP contribution in [0.3, 0.4) is 0 Å². The Morgan fingerprint density at radius 2 is 1.79 bits per heavy atom. The molecule has 0 unspecified atom stereocenters. The van der Waals surface area contributed by atoms with Crippen LogP contribution in [0.4, 0.5) is 0 Å². The summed E-state index contributed by atoms with van der Waals surface area (Å²) in [5, 5.41) is 10.7. The molecular weight excluding hydrogens is 458 g/mol. The van der Waals surface area contributed by atoms with E-state index in [4.69, 9.17) is 9.15 Å². The Kier molecular flexibility index (Phi) is 6.41. The van der Waals surface area contributed by atoms with Gasteiger partial charge < -0.3 is 14.3 Å². The third-order valence-electron chi connectivity index (χ3n) is 5.34. The molecule has 0 spiro atoms. The minimum absolute atomic E-state index is 0.0315. The summed E-state index contributed by atoms with van der Waals surface area (Å²) in [4.78, 5) is 25.6. The van der Waals surface area contributed by atoms with Crippen LogP contribution in [0.5, 0.6) is 11.5 Å². The fourth-order valence-corrected chi connectivity index (χ4v) is 4.83. The van der Waals surface area contributed by atoms with Crippen molar-refractivity contribution in [1.29, 1.82) is 0 Å². The quantitative estimate of drug-likeness (QED) is 0.232. The standard InChI is InChI=1S/C25H23NO7S/c1-3-6-19(26-34(30,31)17-11-9-15(2)10-12-17)25(29)32-16-13-20(27)23-22(14-16)33-21-8-5-4-7-18(21)24(23)28/h4-5,7-14,19,26-27H,3,6H2,1-2H3/t19-/m0/s1. The monoisotopic (exact) mass is 481 g/mol.